The van der Waals surface area contributed by atoms with Crippen LogP contribution >= 0.6 is 22.6 Å². The van der Waals surface area contributed by atoms with E-state index in [4.69, 9.17) is 37.6 Å². The molecule has 76 heavy (non-hydrogen) atoms. The second-order valence-corrected chi connectivity index (χ2v) is 32.1. The Labute approximate surface area is 472 Å². The summed E-state index contributed by atoms with van der Waals surface area (Å²) in [6.45, 7) is 39.3. The van der Waals surface area contributed by atoms with E-state index in [9.17, 15) is 9.59 Å². The first-order valence-corrected chi connectivity index (χ1v) is 33.0. The summed E-state index contributed by atoms with van der Waals surface area (Å²) in [5.41, 5.74) is 1.58. The number of nitrogens with zero attached hydrogens (tertiary/aromatic N) is 1. The molecule has 6 saturated heterocycles. The highest BCUT2D eigenvalue weighted by Crippen LogP contribution is 2.50. The number of aldehydes is 1. The lowest BCUT2D eigenvalue weighted by Crippen LogP contribution is -2.58. The number of Topliss-reactive ketones (excluding diaryl/α,β-unsaturated/α-hetero) is 1. The highest BCUT2D eigenvalue weighted by Gasteiger charge is 2.54. The van der Waals surface area contributed by atoms with Crippen LogP contribution in [-0.2, 0) is 47.2 Å². The van der Waals surface area contributed by atoms with Crippen molar-refractivity contribution in [3.05, 3.63) is 70.4 Å². The topological polar surface area (TPSA) is 128 Å². The fraction of sp³-hybridized carbons (Fsp3) is 0.758. The van der Waals surface area contributed by atoms with Crippen molar-refractivity contribution >= 4 is 49.1 Å². The highest BCUT2D eigenvalue weighted by molar-refractivity contribution is 14.1. The molecule has 0 spiro atoms. The number of ketones is 1. The van der Waals surface area contributed by atoms with E-state index in [1.807, 2.05) is 52.8 Å². The lowest BCUT2D eigenvalue weighted by molar-refractivity contribution is -0.237. The second-order valence-electron chi connectivity index (χ2n) is 26.7. The zero-order valence-corrected chi connectivity index (χ0v) is 51.9. The van der Waals surface area contributed by atoms with Crippen molar-refractivity contribution in [3.63, 3.8) is 0 Å². The van der Waals surface area contributed by atoms with Gasteiger partial charge in [-0.2, -0.15) is 0 Å². The van der Waals surface area contributed by atoms with E-state index in [0.29, 0.717) is 32.2 Å². The third-order valence-electron chi connectivity index (χ3n) is 18.5. The van der Waals surface area contributed by atoms with Crippen molar-refractivity contribution in [3.8, 4) is 0 Å². The molecule has 1 aromatic carbocycles. The minimum Gasteiger partial charge on any atom is -0.444 e. The largest absolute Gasteiger partial charge is 0.444 e. The molecule has 7 rings (SSSR count). The maximum Gasteiger partial charge on any atom is 0.412 e. The van der Waals surface area contributed by atoms with Crippen molar-refractivity contribution in [2.24, 2.45) is 29.6 Å². The van der Waals surface area contributed by atoms with E-state index >= 15 is 4.79 Å². The molecule has 0 saturated carbocycles. The van der Waals surface area contributed by atoms with Crippen molar-refractivity contribution in [1.29, 1.82) is 0 Å². The number of carbonyl (C=O) groups excluding carboxylic acids is 3. The average molecular weight is 1190 g/mol. The Balaban J connectivity index is 1.12. The molecule has 1 aromatic rings. The van der Waals surface area contributed by atoms with Gasteiger partial charge in [-0.1, -0.05) is 115 Å². The summed E-state index contributed by atoms with van der Waals surface area (Å²) >= 11 is 2.30. The van der Waals surface area contributed by atoms with Gasteiger partial charge < -0.3 is 42.4 Å². The molecule has 6 fully saturated rings. The number of halogens is 1. The van der Waals surface area contributed by atoms with Crippen LogP contribution in [-0.4, -0.2) is 122 Å². The maximum absolute atomic E-state index is 15.6. The number of carbonyl (C=O) groups is 3. The standard InChI is InChI=1S/C62H96INO11Si/c1-37-31-45(24-26-49-38(2)32-44(68-49)23-20-30-65)69-53(39(37)3)35-54-55(42(6)52(71-54)34-47-36-64(62(13,14)73-47)59(67)74-60(7,8)9)56(43-21-18-17-19-22-43)48(66)33-46-25-27-50-57(70-46)40(4)41(5)58(72-50)51(28-29-63)75-76(15,16)61(10,11)12/h17-19,21-22,28-30,37,40-42,44-47,49-58H,2-3,20,23-27,31-36H2,1,4-16H3/b29-28+/t37-,40-,41+,42+,44+,45+,46-,47+,49?,50+,51+,52-,53-,54+,55-,56?,57-,58-/m1/s1. The van der Waals surface area contributed by atoms with Crippen LogP contribution < -0.4 is 0 Å². The van der Waals surface area contributed by atoms with Gasteiger partial charge in [-0.3, -0.25) is 9.69 Å². The van der Waals surface area contributed by atoms with Crippen molar-refractivity contribution in [2.75, 3.05) is 6.54 Å². The van der Waals surface area contributed by atoms with Gasteiger partial charge in [0.15, 0.2) is 8.32 Å². The van der Waals surface area contributed by atoms with Gasteiger partial charge in [0.1, 0.15) is 23.4 Å². The van der Waals surface area contributed by atoms with E-state index in [1.165, 1.54) is 0 Å². The molecule has 18 atom stereocenters. The minimum atomic E-state index is -2.11. The van der Waals surface area contributed by atoms with Gasteiger partial charge in [0.25, 0.3) is 0 Å². The summed E-state index contributed by atoms with van der Waals surface area (Å²) in [5.74, 6) is -0.0327. The average Bonchev–Trinajstić information content (AvgIpc) is 3.96. The molecule has 14 heteroatoms. The van der Waals surface area contributed by atoms with Gasteiger partial charge >= 0.3 is 6.09 Å². The van der Waals surface area contributed by atoms with E-state index in [1.54, 1.807) is 4.90 Å². The third-order valence-corrected chi connectivity index (χ3v) is 23.4. The molecule has 6 aliphatic heterocycles. The summed E-state index contributed by atoms with van der Waals surface area (Å²) in [7, 11) is -2.11. The number of hydrogen-bond donors (Lipinski definition) is 0. The molecule has 2 unspecified atom stereocenters. The zero-order chi connectivity index (χ0) is 55.7. The van der Waals surface area contributed by atoms with Gasteiger partial charge in [-0.15, -0.1) is 0 Å². The van der Waals surface area contributed by atoms with Gasteiger partial charge in [0.05, 0.1) is 79.8 Å². The quantitative estimate of drug-likeness (QED) is 0.0568. The van der Waals surface area contributed by atoms with Crippen LogP contribution in [0.15, 0.2) is 64.8 Å². The Bertz CT molecular complexity index is 2190. The van der Waals surface area contributed by atoms with Crippen LogP contribution in [0, 0.1) is 29.6 Å². The Morgan fingerprint density at radius 2 is 1.54 bits per heavy atom. The monoisotopic (exact) mass is 1190 g/mol. The Hall–Kier alpha value is -2.28. The van der Waals surface area contributed by atoms with E-state index in [-0.39, 0.29) is 120 Å². The van der Waals surface area contributed by atoms with E-state index in [2.05, 4.69) is 120 Å². The molecule has 0 bridgehead atoms. The number of benzene rings is 1. The molecular formula is C62H96INO11Si. The van der Waals surface area contributed by atoms with Crippen molar-refractivity contribution < 1.29 is 52.0 Å². The Morgan fingerprint density at radius 3 is 2.20 bits per heavy atom. The highest BCUT2D eigenvalue weighted by atomic mass is 127. The number of ether oxygens (including phenoxy) is 7. The molecule has 0 N–H and O–H groups in total. The second kappa shape index (κ2) is 25.2. The van der Waals surface area contributed by atoms with Gasteiger partial charge in [-0.05, 0) is 148 Å². The fourth-order valence-electron chi connectivity index (χ4n) is 13.0. The summed E-state index contributed by atoms with van der Waals surface area (Å²) in [5, 5.41) is 0.0593. The molecule has 0 aliphatic carbocycles. The summed E-state index contributed by atoms with van der Waals surface area (Å²) < 4.78 is 56.5. The SMILES string of the molecule is C=C1C[C@H](CCC=O)OC1CC[C@H]1C[C@@H](C)C(=C)[C@@H](C[C@@H]2O[C@H](C[C@H]3CN(C(=O)OC(C)(C)C)C(C)(C)O3)[C@H](C)[C@H]2C(C(=O)C[C@H]2CC[C@@H]3O[C@@H]([C@H](/C=C/I)O[Si](C)(C)C(C)(C)C)[C@@H](C)[C@@H](C)[C@H]3O2)c2ccccc2)O1. The first-order chi connectivity index (χ1) is 35.6. The molecule has 426 valence electrons. The number of fused-ring (bicyclic) bond motifs is 1. The van der Waals surface area contributed by atoms with Gasteiger partial charge in [-0.25, -0.2) is 4.79 Å². The molecule has 0 radical (unpaired) electrons. The minimum absolute atomic E-state index is 0.0155. The molecule has 0 aromatic heterocycles. The number of hydrogen-bond acceptors (Lipinski definition) is 11. The Kier molecular flexibility index (Phi) is 20.4. The molecule has 6 heterocycles. The molecule has 12 nitrogen and oxygen atoms in total. The van der Waals surface area contributed by atoms with Crippen LogP contribution in [0.25, 0.3) is 0 Å². The van der Waals surface area contributed by atoms with Gasteiger partial charge in [0.2, 0.25) is 0 Å². The van der Waals surface area contributed by atoms with Gasteiger partial charge in [0, 0.05) is 37.5 Å². The van der Waals surface area contributed by atoms with Crippen molar-refractivity contribution in [1.82, 2.24) is 4.90 Å². The number of rotatable bonds is 19. The predicted octanol–water partition coefficient (Wildman–Crippen LogP) is 13.7. The van der Waals surface area contributed by atoms with E-state index < -0.39 is 31.7 Å². The Morgan fingerprint density at radius 1 is 0.842 bits per heavy atom. The summed E-state index contributed by atoms with van der Waals surface area (Å²) in [6, 6.07) is 10.3. The van der Waals surface area contributed by atoms with Crippen LogP contribution in [0.1, 0.15) is 165 Å². The van der Waals surface area contributed by atoms with Crippen LogP contribution in [0.2, 0.25) is 18.1 Å². The zero-order valence-electron chi connectivity index (χ0n) is 48.7. The van der Waals surface area contributed by atoms with E-state index in [0.717, 1.165) is 61.5 Å². The first-order valence-electron chi connectivity index (χ1n) is 28.9. The molecule has 6 aliphatic rings. The third kappa shape index (κ3) is 14.6. The first kappa shape index (κ1) is 61.3. The molecular weight excluding hydrogens is 1090 g/mol. The maximum atomic E-state index is 15.6. The lowest BCUT2D eigenvalue weighted by atomic mass is 9.70. The summed E-state index contributed by atoms with van der Waals surface area (Å²) in [4.78, 5) is 42.0. The van der Waals surface area contributed by atoms with Crippen LogP contribution in [0.4, 0.5) is 4.79 Å². The predicted molar refractivity (Wildman–Crippen MR) is 310 cm³/mol. The fourth-order valence-corrected chi connectivity index (χ4v) is 14.7. The van der Waals surface area contributed by atoms with Crippen LogP contribution in [0.5, 0.6) is 0 Å². The number of amides is 1. The van der Waals surface area contributed by atoms with Crippen molar-refractivity contribution in [2.45, 2.75) is 262 Å². The summed E-state index contributed by atoms with van der Waals surface area (Å²) in [6.07, 6.45) is 8.08. The lowest BCUT2D eigenvalue weighted by Gasteiger charge is -2.51. The van der Waals surface area contributed by atoms with Crippen LogP contribution in [0.3, 0.4) is 0 Å². The normalized spacial score (nSPS) is 36.1. The molecule has 1 amide bonds. The smallest absolute Gasteiger partial charge is 0.412 e.